The molecule has 276 valence electrons. The molecule has 0 spiro atoms. The average molecular weight is 807 g/mol. The first-order valence-corrected chi connectivity index (χ1v) is 20.6. The quantitative estimate of drug-likeness (QED) is 0.125. The fourth-order valence-electron chi connectivity index (χ4n) is 6.91. The normalized spacial score (nSPS) is 12.5. The molecule has 6 aromatic rings. The molecule has 0 heterocycles. The lowest BCUT2D eigenvalue weighted by Gasteiger charge is -2.36. The number of hydrogen-bond acceptors (Lipinski definition) is 3. The van der Waals surface area contributed by atoms with Crippen LogP contribution in [0.4, 0.5) is 0 Å². The van der Waals surface area contributed by atoms with Crippen LogP contribution in [-0.2, 0) is 20.2 Å². The van der Waals surface area contributed by atoms with E-state index in [0.717, 1.165) is 49.0 Å². The number of ketones is 1. The summed E-state index contributed by atoms with van der Waals surface area (Å²) in [6.45, 7) is 7.54. The number of halogens is 1. The molecule has 0 aromatic heterocycles. The molecule has 55 heavy (non-hydrogen) atoms. The van der Waals surface area contributed by atoms with Crippen molar-refractivity contribution in [2.24, 2.45) is 5.92 Å². The van der Waals surface area contributed by atoms with Crippen molar-refractivity contribution < 1.29 is 13.2 Å². The van der Waals surface area contributed by atoms with E-state index in [9.17, 15) is 13.2 Å². The molecule has 2 atom stereocenters. The van der Waals surface area contributed by atoms with Crippen LogP contribution < -0.4 is 4.72 Å². The van der Waals surface area contributed by atoms with Crippen LogP contribution in [0.3, 0.4) is 0 Å². The van der Waals surface area contributed by atoms with Gasteiger partial charge >= 0.3 is 0 Å². The number of rotatable bonds is 12. The predicted molar refractivity (Wildman–Crippen MR) is 228 cm³/mol. The smallest absolute Gasteiger partial charge is 0.241 e. The van der Waals surface area contributed by atoms with Crippen LogP contribution in [-0.4, -0.2) is 14.2 Å². The molecule has 4 nitrogen and oxygen atoms in total. The lowest BCUT2D eigenvalue weighted by molar-refractivity contribution is -0.122. The number of allylic oxidation sites excluding steroid dienone is 1. The van der Waals surface area contributed by atoms with Gasteiger partial charge < -0.3 is 0 Å². The second kappa shape index (κ2) is 17.4. The lowest BCUT2D eigenvalue weighted by Crippen LogP contribution is -2.40. The van der Waals surface area contributed by atoms with Crippen molar-refractivity contribution in [3.8, 4) is 11.8 Å². The summed E-state index contributed by atoms with van der Waals surface area (Å²) in [5.74, 6) is 6.22. The summed E-state index contributed by atoms with van der Waals surface area (Å²) < 4.78 is 32.1. The zero-order valence-corrected chi connectivity index (χ0v) is 33.9. The first-order valence-electron chi connectivity index (χ1n) is 18.3. The maximum Gasteiger partial charge on any atom is 0.241 e. The maximum atomic E-state index is 14.2. The number of hydrogen-bond donors (Lipinski definition) is 1. The van der Waals surface area contributed by atoms with Crippen molar-refractivity contribution in [2.45, 2.75) is 50.5 Å². The van der Waals surface area contributed by atoms with Crippen LogP contribution in [0.5, 0.6) is 0 Å². The van der Waals surface area contributed by atoms with Crippen LogP contribution in [0.15, 0.2) is 173 Å². The average Bonchev–Trinajstić information content (AvgIpc) is 3.19. The van der Waals surface area contributed by atoms with Gasteiger partial charge in [0.05, 0.1) is 16.4 Å². The molecule has 6 heteroatoms. The highest BCUT2D eigenvalue weighted by Gasteiger charge is 2.41. The zero-order chi connectivity index (χ0) is 39.0. The maximum absolute atomic E-state index is 14.2. The predicted octanol–water partition coefficient (Wildman–Crippen LogP) is 11.1. The van der Waals surface area contributed by atoms with Crippen molar-refractivity contribution in [3.63, 3.8) is 0 Å². The van der Waals surface area contributed by atoms with Gasteiger partial charge in [0.1, 0.15) is 5.78 Å². The Hall–Kier alpha value is -5.32. The molecule has 1 N–H and O–H groups in total. The molecule has 0 radical (unpaired) electrons. The molecule has 0 unspecified atom stereocenters. The highest BCUT2D eigenvalue weighted by Crippen LogP contribution is 2.43. The number of carbonyl (C=O) groups excluding carboxylic acids is 1. The number of Topliss-reactive ketones (excluding diaryl/α,β-unsaturated/α-hetero) is 1. The Balaban J connectivity index is 1.59. The van der Waals surface area contributed by atoms with Gasteiger partial charge in [-0.3, -0.25) is 4.79 Å². The number of aryl methyl sites for hydroxylation is 3. The van der Waals surface area contributed by atoms with Crippen molar-refractivity contribution in [3.05, 3.63) is 213 Å². The van der Waals surface area contributed by atoms with E-state index in [0.29, 0.717) is 5.56 Å². The topological polar surface area (TPSA) is 63.2 Å². The van der Waals surface area contributed by atoms with Crippen LogP contribution in [0.2, 0.25) is 0 Å². The lowest BCUT2D eigenvalue weighted by atomic mass is 9.67. The molecule has 0 bridgehead atoms. The first kappa shape index (κ1) is 39.4. The fourth-order valence-corrected chi connectivity index (χ4v) is 8.43. The van der Waals surface area contributed by atoms with Gasteiger partial charge in [0.15, 0.2) is 0 Å². The summed E-state index contributed by atoms with van der Waals surface area (Å²) in [7, 11) is -4.06. The van der Waals surface area contributed by atoms with Gasteiger partial charge in [-0.2, -0.15) is 0 Å². The molecule has 0 saturated carbocycles. The monoisotopic (exact) mass is 805 g/mol. The van der Waals surface area contributed by atoms with E-state index >= 15 is 0 Å². The minimum Gasteiger partial charge on any atom is -0.300 e. The summed E-state index contributed by atoms with van der Waals surface area (Å²) in [5.41, 5.74) is 7.61. The third-order valence-corrected chi connectivity index (χ3v) is 12.0. The van der Waals surface area contributed by atoms with E-state index in [2.05, 4.69) is 105 Å². The number of nitrogens with one attached hydrogen (secondary N) is 1. The summed E-state index contributed by atoms with van der Waals surface area (Å²) in [6, 6.07) is 50.2. The highest BCUT2D eigenvalue weighted by atomic mass is 79.9. The molecule has 0 amide bonds. The third-order valence-electron chi connectivity index (χ3n) is 10.1. The van der Waals surface area contributed by atoms with Gasteiger partial charge in [0.2, 0.25) is 10.0 Å². The van der Waals surface area contributed by atoms with Gasteiger partial charge in [0.25, 0.3) is 0 Å². The summed E-state index contributed by atoms with van der Waals surface area (Å²) in [4.78, 5) is 14.3. The van der Waals surface area contributed by atoms with Crippen LogP contribution >= 0.6 is 15.9 Å². The molecular weight excluding hydrogens is 763 g/mol. The van der Waals surface area contributed by atoms with Crippen molar-refractivity contribution in [1.29, 1.82) is 0 Å². The fraction of sp³-hybridized carbons (Fsp3) is 0.163. The Kier molecular flexibility index (Phi) is 12.5. The third kappa shape index (κ3) is 9.50. The van der Waals surface area contributed by atoms with E-state index in [4.69, 9.17) is 0 Å². The number of carbonyl (C=O) groups is 1. The first-order chi connectivity index (χ1) is 26.4. The second-order valence-corrected chi connectivity index (χ2v) is 16.7. The van der Waals surface area contributed by atoms with Gasteiger partial charge in [-0.25, -0.2) is 13.1 Å². The Labute approximate surface area is 334 Å². The number of sulfonamides is 1. The van der Waals surface area contributed by atoms with E-state index in [1.807, 2.05) is 87.5 Å². The van der Waals surface area contributed by atoms with Crippen LogP contribution in [0.25, 0.3) is 5.57 Å². The van der Waals surface area contributed by atoms with E-state index in [1.165, 1.54) is 0 Å². The van der Waals surface area contributed by atoms with E-state index in [1.54, 1.807) is 31.2 Å². The van der Waals surface area contributed by atoms with Gasteiger partial charge in [-0.05, 0) is 97.8 Å². The van der Waals surface area contributed by atoms with Crippen molar-refractivity contribution in [1.82, 2.24) is 4.72 Å². The Morgan fingerprint density at radius 2 is 1.13 bits per heavy atom. The second-order valence-electron chi connectivity index (χ2n) is 14.1. The van der Waals surface area contributed by atoms with Gasteiger partial charge in [-0.15, -0.1) is 0 Å². The Morgan fingerprint density at radius 1 is 0.673 bits per heavy atom. The summed E-state index contributed by atoms with van der Waals surface area (Å²) in [5, 5.41) is 0. The minimum atomic E-state index is -4.06. The van der Waals surface area contributed by atoms with Crippen LogP contribution in [0, 0.1) is 38.5 Å². The van der Waals surface area contributed by atoms with E-state index in [-0.39, 0.29) is 17.1 Å². The largest absolute Gasteiger partial charge is 0.300 e. The SMILES string of the molecule is CC(=O)[C@@H](CC(C#CC=C(c1ccccc1)c1ccccc1)(c1ccc(C)cc1)c1ccc(C)cc1)[C@H](NS(=O)(=O)c1ccc(C)cc1)c1ccc(Br)cc1. The standard InChI is InChI=1S/C49H44BrNO3S/c1-35-17-25-42(26-18-35)49(43-27-19-36(2)20-28-43,33-11-16-46(39-12-7-5-8-13-39)40-14-9-6-10-15-40)34-47(38(4)52)48(41-23-29-44(50)30-24-41)51-55(53,54)45-31-21-37(3)22-32-45/h5-10,12-32,47-48,51H,34H2,1-4H3/t47-,48-/m1/s1. The number of benzene rings is 6. The zero-order valence-electron chi connectivity index (χ0n) is 31.5. The van der Waals surface area contributed by atoms with Crippen LogP contribution in [0.1, 0.15) is 63.9 Å². The molecule has 0 aliphatic carbocycles. The molecular formula is C49H44BrNO3S. The molecule has 0 aliphatic rings. The molecule has 6 rings (SSSR count). The van der Waals surface area contributed by atoms with Crippen molar-refractivity contribution >= 4 is 37.3 Å². The summed E-state index contributed by atoms with van der Waals surface area (Å²) >= 11 is 3.53. The summed E-state index contributed by atoms with van der Waals surface area (Å²) in [6.07, 6.45) is 2.15. The highest BCUT2D eigenvalue weighted by molar-refractivity contribution is 9.10. The molecule has 0 aliphatic heterocycles. The minimum absolute atomic E-state index is 0.130. The Bertz CT molecular complexity index is 2340. The van der Waals surface area contributed by atoms with Gasteiger partial charge in [-0.1, -0.05) is 178 Å². The molecule has 0 fully saturated rings. The Morgan fingerprint density at radius 3 is 1.58 bits per heavy atom. The van der Waals surface area contributed by atoms with E-state index < -0.39 is 27.4 Å². The van der Waals surface area contributed by atoms with Gasteiger partial charge in [0, 0.05) is 10.4 Å². The molecule has 0 saturated heterocycles. The van der Waals surface area contributed by atoms with Crippen molar-refractivity contribution in [2.75, 3.05) is 0 Å². The molecule has 6 aromatic carbocycles.